The van der Waals surface area contributed by atoms with Crippen LogP contribution in [0.4, 0.5) is 0 Å². The number of aromatic nitrogens is 4. The number of nitrogens with zero attached hydrogens (tertiary/aromatic N) is 4. The molecule has 7 aromatic rings. The monoisotopic (exact) mass is 458 g/mol. The number of benzene rings is 4. The zero-order chi connectivity index (χ0) is 22.6. The summed E-state index contributed by atoms with van der Waals surface area (Å²) in [6, 6.07) is 26.5. The molecule has 0 aliphatic carbocycles. The van der Waals surface area contributed by atoms with Gasteiger partial charge in [0.15, 0.2) is 17.2 Å². The summed E-state index contributed by atoms with van der Waals surface area (Å²) in [4.78, 5) is 18.1. The first-order valence-corrected chi connectivity index (χ1v) is 11.2. The molecule has 4 aromatic carbocycles. The molecule has 0 atom stereocenters. The minimum Gasteiger partial charge on any atom is -0.454 e. The van der Waals surface area contributed by atoms with Gasteiger partial charge in [-0.05, 0) is 51.3 Å². The van der Waals surface area contributed by atoms with Crippen LogP contribution in [0.5, 0.6) is 0 Å². The number of rotatable bonds is 2. The van der Waals surface area contributed by atoms with E-state index < -0.39 is 0 Å². The van der Waals surface area contributed by atoms with Crippen LogP contribution in [0.2, 0.25) is 5.28 Å². The summed E-state index contributed by atoms with van der Waals surface area (Å²) in [5.74, 6) is 1.03. The summed E-state index contributed by atoms with van der Waals surface area (Å²) in [5, 5.41) is 6.53. The number of halogens is 1. The Morgan fingerprint density at radius 2 is 1.38 bits per heavy atom. The van der Waals surface area contributed by atoms with E-state index in [1.54, 1.807) is 12.4 Å². The van der Waals surface area contributed by atoms with Crippen molar-refractivity contribution in [2.45, 2.75) is 0 Å². The zero-order valence-electron chi connectivity index (χ0n) is 17.7. The van der Waals surface area contributed by atoms with E-state index >= 15 is 0 Å². The molecule has 3 heterocycles. The predicted octanol–water partition coefficient (Wildman–Crippen LogP) is 7.46. The Balaban J connectivity index is 1.53. The molecule has 0 amide bonds. The fraction of sp³-hybridized carbons (Fsp3) is 0. The fourth-order valence-corrected chi connectivity index (χ4v) is 4.86. The lowest BCUT2D eigenvalue weighted by Crippen LogP contribution is -1.98. The summed E-state index contributed by atoms with van der Waals surface area (Å²) in [6.07, 6.45) is 3.47. The maximum atomic E-state index is 6.47. The highest BCUT2D eigenvalue weighted by Crippen LogP contribution is 2.37. The maximum Gasteiger partial charge on any atom is 0.226 e. The highest BCUT2D eigenvalue weighted by atomic mass is 35.5. The number of hydrogen-bond acceptors (Lipinski definition) is 5. The largest absolute Gasteiger partial charge is 0.454 e. The van der Waals surface area contributed by atoms with E-state index in [9.17, 15) is 0 Å². The van der Waals surface area contributed by atoms with Gasteiger partial charge >= 0.3 is 0 Å². The third kappa shape index (κ3) is 2.87. The van der Waals surface area contributed by atoms with E-state index in [-0.39, 0.29) is 5.28 Å². The van der Waals surface area contributed by atoms with Crippen molar-refractivity contribution in [3.05, 3.63) is 96.5 Å². The highest BCUT2D eigenvalue weighted by Gasteiger charge is 2.18. The van der Waals surface area contributed by atoms with E-state index in [2.05, 4.69) is 51.4 Å². The Bertz CT molecular complexity index is 1890. The molecule has 0 N–H and O–H groups in total. The van der Waals surface area contributed by atoms with Gasteiger partial charge in [-0.25, -0.2) is 4.98 Å². The maximum absolute atomic E-state index is 6.47. The molecule has 0 bridgehead atoms. The Kier molecular flexibility index (Phi) is 4.13. The van der Waals surface area contributed by atoms with E-state index in [1.807, 2.05) is 42.5 Å². The normalized spacial score (nSPS) is 11.7. The molecule has 0 spiro atoms. The standard InChI is InChI=1S/C28H15ClN4O/c29-28-32-26(21-10-5-11-23-25(21)20-12-13-30-15-24(20)34-23)31-27(33-28)22-14-16-6-1-2-7-17(16)18-8-3-4-9-19(18)22/h1-15H. The second-order valence-corrected chi connectivity index (χ2v) is 8.43. The summed E-state index contributed by atoms with van der Waals surface area (Å²) in [5.41, 5.74) is 3.20. The van der Waals surface area contributed by atoms with Gasteiger partial charge in [-0.2, -0.15) is 9.97 Å². The van der Waals surface area contributed by atoms with Crippen molar-refractivity contribution in [3.8, 4) is 22.8 Å². The van der Waals surface area contributed by atoms with Crippen molar-refractivity contribution in [1.82, 2.24) is 19.9 Å². The lowest BCUT2D eigenvalue weighted by molar-refractivity contribution is 0.667. The molecule has 3 aromatic heterocycles. The van der Waals surface area contributed by atoms with Gasteiger partial charge in [0.25, 0.3) is 0 Å². The lowest BCUT2D eigenvalue weighted by Gasteiger charge is -2.11. The predicted molar refractivity (Wildman–Crippen MR) is 136 cm³/mol. The lowest BCUT2D eigenvalue weighted by atomic mass is 9.97. The van der Waals surface area contributed by atoms with Gasteiger partial charge in [0.2, 0.25) is 5.28 Å². The first kappa shape index (κ1) is 19.1. The molecule has 5 nitrogen and oxygen atoms in total. The van der Waals surface area contributed by atoms with Crippen molar-refractivity contribution < 1.29 is 4.42 Å². The molecular weight excluding hydrogens is 444 g/mol. The Hall–Kier alpha value is -4.35. The van der Waals surface area contributed by atoms with E-state index in [1.165, 1.54) is 5.39 Å². The fourth-order valence-electron chi connectivity index (χ4n) is 4.70. The Labute approximate surface area is 198 Å². The topological polar surface area (TPSA) is 64.7 Å². The molecule has 0 aliphatic heterocycles. The van der Waals surface area contributed by atoms with Crippen LogP contribution >= 0.6 is 11.6 Å². The van der Waals surface area contributed by atoms with Gasteiger partial charge in [0, 0.05) is 28.1 Å². The van der Waals surface area contributed by atoms with E-state index in [4.69, 9.17) is 21.0 Å². The average Bonchev–Trinajstić information content (AvgIpc) is 3.27. The molecule has 0 saturated heterocycles. The van der Waals surface area contributed by atoms with Crippen LogP contribution in [-0.4, -0.2) is 19.9 Å². The van der Waals surface area contributed by atoms with Gasteiger partial charge < -0.3 is 4.42 Å². The average molecular weight is 459 g/mol. The second-order valence-electron chi connectivity index (χ2n) is 8.10. The third-order valence-corrected chi connectivity index (χ3v) is 6.33. The number of fused-ring (bicyclic) bond motifs is 6. The van der Waals surface area contributed by atoms with E-state index in [0.717, 1.165) is 43.6 Å². The third-order valence-electron chi connectivity index (χ3n) is 6.16. The van der Waals surface area contributed by atoms with Crippen LogP contribution in [0, 0.1) is 0 Å². The van der Waals surface area contributed by atoms with Crippen LogP contribution in [-0.2, 0) is 0 Å². The smallest absolute Gasteiger partial charge is 0.226 e. The van der Waals surface area contributed by atoms with Crippen LogP contribution < -0.4 is 0 Å². The van der Waals surface area contributed by atoms with Gasteiger partial charge in [-0.1, -0.05) is 60.7 Å². The summed E-state index contributed by atoms with van der Waals surface area (Å²) < 4.78 is 6.00. The Morgan fingerprint density at radius 3 is 2.26 bits per heavy atom. The minimum atomic E-state index is 0.142. The second kappa shape index (κ2) is 7.33. The first-order valence-electron chi connectivity index (χ1n) is 10.8. The number of pyridine rings is 1. The van der Waals surface area contributed by atoms with E-state index in [0.29, 0.717) is 17.2 Å². The van der Waals surface area contributed by atoms with Gasteiger partial charge in [0.05, 0.1) is 6.20 Å². The van der Waals surface area contributed by atoms with Crippen LogP contribution in [0.15, 0.2) is 95.7 Å². The summed E-state index contributed by atoms with van der Waals surface area (Å²) in [7, 11) is 0. The molecule has 34 heavy (non-hydrogen) atoms. The molecule has 0 radical (unpaired) electrons. The van der Waals surface area contributed by atoms with Crippen LogP contribution in [0.1, 0.15) is 0 Å². The van der Waals surface area contributed by atoms with Gasteiger partial charge in [-0.3, -0.25) is 4.98 Å². The number of furan rings is 1. The molecule has 6 heteroatoms. The van der Waals surface area contributed by atoms with Crippen LogP contribution in [0.25, 0.3) is 66.3 Å². The SMILES string of the molecule is Clc1nc(-c2cc3ccccc3c3ccccc23)nc(-c2cccc3oc4cnccc4c23)n1. The van der Waals surface area contributed by atoms with Crippen molar-refractivity contribution in [2.75, 3.05) is 0 Å². The van der Waals surface area contributed by atoms with Gasteiger partial charge in [0.1, 0.15) is 5.58 Å². The molecule has 160 valence electrons. The van der Waals surface area contributed by atoms with Crippen molar-refractivity contribution in [2.24, 2.45) is 0 Å². The van der Waals surface area contributed by atoms with Crippen LogP contribution in [0.3, 0.4) is 0 Å². The molecular formula is C28H15ClN4O. The van der Waals surface area contributed by atoms with Crippen molar-refractivity contribution in [3.63, 3.8) is 0 Å². The van der Waals surface area contributed by atoms with Gasteiger partial charge in [-0.15, -0.1) is 0 Å². The highest BCUT2D eigenvalue weighted by molar-refractivity contribution is 6.28. The quantitative estimate of drug-likeness (QED) is 0.251. The molecule has 0 fully saturated rings. The minimum absolute atomic E-state index is 0.142. The van der Waals surface area contributed by atoms with Crippen molar-refractivity contribution >= 4 is 55.1 Å². The number of hydrogen-bond donors (Lipinski definition) is 0. The Morgan fingerprint density at radius 1 is 0.618 bits per heavy atom. The summed E-state index contributed by atoms with van der Waals surface area (Å²) in [6.45, 7) is 0. The zero-order valence-corrected chi connectivity index (χ0v) is 18.5. The molecule has 0 aliphatic rings. The summed E-state index contributed by atoms with van der Waals surface area (Å²) >= 11 is 6.47. The molecule has 0 saturated carbocycles. The van der Waals surface area contributed by atoms with Crippen molar-refractivity contribution in [1.29, 1.82) is 0 Å². The molecule has 7 rings (SSSR count). The first-order chi connectivity index (χ1) is 16.8. The molecule has 0 unspecified atom stereocenters.